The third kappa shape index (κ3) is 2.09. The van der Waals surface area contributed by atoms with Crippen molar-refractivity contribution in [2.24, 2.45) is 11.3 Å². The fraction of sp³-hybridized carbons (Fsp3) is 0.529. The lowest BCUT2D eigenvalue weighted by Crippen LogP contribution is -2.36. The molecule has 1 nitrogen and oxygen atoms in total. The van der Waals surface area contributed by atoms with Gasteiger partial charge in [0.15, 0.2) is 0 Å². The number of halogens is 1. The average molecular weight is 326 g/mol. The molecule has 1 fully saturated rings. The van der Waals surface area contributed by atoms with Crippen LogP contribution in [0.4, 0.5) is 0 Å². The number of hydrogen-bond donors (Lipinski definition) is 0. The maximum absolute atomic E-state index is 8.01. The molecule has 1 saturated carbocycles. The van der Waals surface area contributed by atoms with E-state index in [1.807, 2.05) is 19.1 Å². The van der Waals surface area contributed by atoms with E-state index in [-0.39, 0.29) is 24.0 Å². The molecule has 2 heteroatoms. The fourth-order valence-electron chi connectivity index (χ4n) is 3.79. The van der Waals surface area contributed by atoms with Gasteiger partial charge in [-0.25, -0.2) is 0 Å². The van der Waals surface area contributed by atoms with Crippen molar-refractivity contribution in [2.75, 3.05) is 7.04 Å². The Balaban J connectivity index is 1.91. The monoisotopic (exact) mass is 325 g/mol. The largest absolute Gasteiger partial charge is 0.381 e. The summed E-state index contributed by atoms with van der Waals surface area (Å²) in [5.41, 5.74) is 2.73. The van der Waals surface area contributed by atoms with E-state index in [0.29, 0.717) is 6.42 Å². The van der Waals surface area contributed by atoms with Crippen LogP contribution >= 0.6 is 15.9 Å². The van der Waals surface area contributed by atoms with Crippen molar-refractivity contribution < 1.29 is 11.6 Å². The average Bonchev–Trinajstić information content (AvgIpc) is 2.73. The van der Waals surface area contributed by atoms with Crippen LogP contribution in [0.5, 0.6) is 0 Å². The van der Waals surface area contributed by atoms with Gasteiger partial charge in [0.05, 0.1) is 13.0 Å². The summed E-state index contributed by atoms with van der Waals surface area (Å²) in [6.07, 6.45) is 2.67. The third-order valence-electron chi connectivity index (χ3n) is 4.81. The van der Waals surface area contributed by atoms with Crippen LogP contribution in [0.2, 0.25) is 0 Å². The second-order valence-electron chi connectivity index (χ2n) is 6.01. The highest BCUT2D eigenvalue weighted by molar-refractivity contribution is 9.10. The number of benzene rings is 1. The molecule has 1 aromatic carbocycles. The summed E-state index contributed by atoms with van der Waals surface area (Å²) in [6.45, 7) is 1.88. The van der Waals surface area contributed by atoms with Crippen molar-refractivity contribution in [3.05, 3.63) is 40.3 Å². The van der Waals surface area contributed by atoms with Crippen molar-refractivity contribution >= 4 is 21.5 Å². The number of rotatable bonds is 1. The fourth-order valence-corrected chi connectivity index (χ4v) is 4.15. The van der Waals surface area contributed by atoms with E-state index in [1.54, 1.807) is 0 Å². The van der Waals surface area contributed by atoms with Gasteiger partial charge in [-0.15, -0.1) is 0 Å². The Bertz CT molecular complexity index is 680. The molecular weight excluding hydrogens is 300 g/mol. The molecule has 2 aliphatic carbocycles. The van der Waals surface area contributed by atoms with Crippen LogP contribution in [0.3, 0.4) is 0 Å². The minimum atomic E-state index is -2.37. The van der Waals surface area contributed by atoms with E-state index >= 15 is 0 Å². The first-order chi connectivity index (χ1) is 11.1. The van der Waals surface area contributed by atoms with E-state index in [2.05, 4.69) is 22.0 Å². The lowest BCUT2D eigenvalue weighted by molar-refractivity contribution is 0.00273. The Hall–Kier alpha value is -0.600. The Labute approximate surface area is 131 Å². The predicted molar refractivity (Wildman–Crippen MR) is 83.1 cm³/mol. The number of ether oxygens (including phenoxy) is 1. The predicted octanol–water partition coefficient (Wildman–Crippen LogP) is 4.84. The summed E-state index contributed by atoms with van der Waals surface area (Å²) in [6, 6.07) is 6.06. The molecule has 0 N–H and O–H groups in total. The normalized spacial score (nSPS) is 38.0. The van der Waals surface area contributed by atoms with Crippen LogP contribution in [0.25, 0.3) is 5.57 Å². The molecule has 0 heterocycles. The number of hydrogen-bond acceptors (Lipinski definition) is 1. The van der Waals surface area contributed by atoms with Crippen molar-refractivity contribution in [1.29, 1.82) is 0 Å². The Kier molecular flexibility index (Phi) is 2.16. The first-order valence-corrected chi connectivity index (χ1v) is 7.55. The van der Waals surface area contributed by atoms with Gasteiger partial charge in [-0.05, 0) is 65.8 Å². The highest BCUT2D eigenvalue weighted by Gasteiger charge is 2.45. The number of fused-ring (bicyclic) bond motifs is 1. The van der Waals surface area contributed by atoms with Crippen molar-refractivity contribution in [2.45, 2.75) is 38.7 Å². The molecule has 102 valence electrons. The molecular formula is C17H21BrO. The van der Waals surface area contributed by atoms with E-state index in [9.17, 15) is 0 Å². The highest BCUT2D eigenvalue weighted by Crippen LogP contribution is 2.55. The zero-order valence-electron chi connectivity index (χ0n) is 16.0. The van der Waals surface area contributed by atoms with Gasteiger partial charge >= 0.3 is 0 Å². The molecule has 0 saturated heterocycles. The summed E-state index contributed by atoms with van der Waals surface area (Å²) in [5.74, 6) is 0.0753. The summed E-state index contributed by atoms with van der Waals surface area (Å²) in [7, 11) is -2.37. The van der Waals surface area contributed by atoms with Gasteiger partial charge in [-0.3, -0.25) is 0 Å². The van der Waals surface area contributed by atoms with Gasteiger partial charge < -0.3 is 4.74 Å². The molecule has 0 radical (unpaired) electrons. The smallest absolute Gasteiger partial charge is 0.0597 e. The van der Waals surface area contributed by atoms with Gasteiger partial charge in [0, 0.05) is 11.5 Å². The first-order valence-electron chi connectivity index (χ1n) is 9.26. The second-order valence-corrected chi connectivity index (χ2v) is 6.93. The molecule has 0 amide bonds. The summed E-state index contributed by atoms with van der Waals surface area (Å²) in [4.78, 5) is 0. The van der Waals surface area contributed by atoms with Crippen LogP contribution in [-0.4, -0.2) is 13.1 Å². The topological polar surface area (TPSA) is 9.23 Å². The molecule has 1 aromatic rings. The quantitative estimate of drug-likeness (QED) is 0.717. The Morgan fingerprint density at radius 3 is 3.21 bits per heavy atom. The standard InChI is InChI=1S/C17H21BrO/c1-11-9-17(7-6-16(11)19-3)10-13-4-5-14(18)8-15(13)12(17)2/h4-5,8,11,16H,2,6-7,9-10H2,1,3H3/t11-,16-,17-/m1/s1/i2D2,3D3. The van der Waals surface area contributed by atoms with Crippen molar-refractivity contribution in [3.63, 3.8) is 0 Å². The van der Waals surface area contributed by atoms with Gasteiger partial charge in [0.25, 0.3) is 0 Å². The minimum Gasteiger partial charge on any atom is -0.381 e. The molecule has 1 spiro atoms. The maximum Gasteiger partial charge on any atom is 0.0597 e. The van der Waals surface area contributed by atoms with E-state index < -0.39 is 7.04 Å². The SMILES string of the molecule is [2H]C([2H])=C1c2cc(Br)ccc2C[C@]12CC[C@@H](OC([2H])([2H])[2H])[C@H](C)C2. The zero-order chi connectivity index (χ0) is 17.7. The lowest BCUT2D eigenvalue weighted by atomic mass is 9.65. The summed E-state index contributed by atoms with van der Waals surface area (Å²) in [5, 5.41) is 0. The Morgan fingerprint density at radius 2 is 2.47 bits per heavy atom. The van der Waals surface area contributed by atoms with Gasteiger partial charge in [-0.1, -0.05) is 35.5 Å². The van der Waals surface area contributed by atoms with E-state index in [0.717, 1.165) is 34.9 Å². The van der Waals surface area contributed by atoms with Crippen molar-refractivity contribution in [3.8, 4) is 0 Å². The van der Waals surface area contributed by atoms with Crippen LogP contribution in [0.15, 0.2) is 29.2 Å². The third-order valence-corrected chi connectivity index (χ3v) is 5.30. The number of methoxy groups -OCH3 is 1. The molecule has 19 heavy (non-hydrogen) atoms. The number of allylic oxidation sites excluding steroid dienone is 1. The van der Waals surface area contributed by atoms with Gasteiger partial charge in [-0.2, -0.15) is 0 Å². The van der Waals surface area contributed by atoms with Crippen LogP contribution in [0.1, 0.15) is 44.2 Å². The second kappa shape index (κ2) is 4.75. The molecule has 0 unspecified atom stereocenters. The first kappa shape index (κ1) is 8.63. The molecule has 0 aromatic heterocycles. The van der Waals surface area contributed by atoms with E-state index in [4.69, 9.17) is 11.6 Å². The molecule has 3 atom stereocenters. The highest BCUT2D eigenvalue weighted by atomic mass is 79.9. The van der Waals surface area contributed by atoms with E-state index in [1.165, 1.54) is 5.56 Å². The minimum absolute atomic E-state index is 0.0753. The van der Waals surface area contributed by atoms with Crippen LogP contribution in [0, 0.1) is 11.3 Å². The summed E-state index contributed by atoms with van der Waals surface area (Å²) >= 11 is 3.48. The molecule has 2 aliphatic rings. The Morgan fingerprint density at radius 1 is 1.58 bits per heavy atom. The van der Waals surface area contributed by atoms with Gasteiger partial charge in [0.2, 0.25) is 0 Å². The van der Waals surface area contributed by atoms with Crippen LogP contribution < -0.4 is 0 Å². The summed E-state index contributed by atoms with van der Waals surface area (Å²) < 4.78 is 44.2. The molecule has 0 aliphatic heterocycles. The van der Waals surface area contributed by atoms with Crippen LogP contribution in [-0.2, 0) is 11.2 Å². The zero-order valence-corrected chi connectivity index (χ0v) is 12.6. The lowest BCUT2D eigenvalue weighted by Gasteiger charge is -2.41. The van der Waals surface area contributed by atoms with Gasteiger partial charge in [0.1, 0.15) is 0 Å². The molecule has 3 rings (SSSR count). The van der Waals surface area contributed by atoms with Crippen molar-refractivity contribution in [1.82, 2.24) is 0 Å². The molecule has 0 bridgehead atoms. The maximum atomic E-state index is 8.01.